The van der Waals surface area contributed by atoms with E-state index in [1.54, 1.807) is 24.0 Å². The number of nitrogens with two attached hydrogens (primary N) is 1. The van der Waals surface area contributed by atoms with Gasteiger partial charge < -0.3 is 10.8 Å². The van der Waals surface area contributed by atoms with Crippen LogP contribution in [0.2, 0.25) is 0 Å². The zero-order valence-electron chi connectivity index (χ0n) is 8.51. The number of carboxylic acid groups (broad SMARTS) is 1. The molecule has 0 aliphatic rings. The first-order valence-electron chi connectivity index (χ1n) is 4.68. The van der Waals surface area contributed by atoms with Gasteiger partial charge in [-0.15, -0.1) is 11.8 Å². The topological polar surface area (TPSA) is 76.2 Å². The number of nitrogen functional groups attached to an aromatic ring is 1. The molecule has 1 heterocycles. The fourth-order valence-electron chi connectivity index (χ4n) is 1.05. The molecule has 1 aromatic rings. The third-order valence-corrected chi connectivity index (χ3v) is 2.97. The molecule has 1 rings (SSSR count). The van der Waals surface area contributed by atoms with Crippen LogP contribution in [0, 0.1) is 0 Å². The molecule has 0 aliphatic heterocycles. The smallest absolute Gasteiger partial charge is 0.303 e. The highest BCUT2D eigenvalue weighted by molar-refractivity contribution is 7.99. The zero-order valence-corrected chi connectivity index (χ0v) is 9.33. The van der Waals surface area contributed by atoms with Crippen molar-refractivity contribution in [3.05, 3.63) is 18.3 Å². The highest BCUT2D eigenvalue weighted by atomic mass is 32.2. The summed E-state index contributed by atoms with van der Waals surface area (Å²) < 4.78 is 0. The van der Waals surface area contributed by atoms with E-state index in [4.69, 9.17) is 10.8 Å². The van der Waals surface area contributed by atoms with Crippen LogP contribution in [0.3, 0.4) is 0 Å². The molecule has 0 saturated carbocycles. The van der Waals surface area contributed by atoms with Crippen molar-refractivity contribution < 1.29 is 9.90 Å². The molecular weight excluding hydrogens is 212 g/mol. The number of carbonyl (C=O) groups is 1. The lowest BCUT2D eigenvalue weighted by molar-refractivity contribution is -0.137. The SMILES string of the molecule is CC(CCC(=O)O)Sc1ccc(N)cn1. The minimum atomic E-state index is -0.757. The van der Waals surface area contributed by atoms with Crippen LogP contribution in [-0.2, 0) is 4.79 Å². The van der Waals surface area contributed by atoms with Crippen LogP contribution in [0.25, 0.3) is 0 Å². The Balaban J connectivity index is 2.40. The van der Waals surface area contributed by atoms with Gasteiger partial charge in [0.1, 0.15) is 0 Å². The third-order valence-electron chi connectivity index (χ3n) is 1.85. The second-order valence-corrected chi connectivity index (χ2v) is 4.75. The molecule has 1 unspecified atom stereocenters. The Kier molecular flexibility index (Phi) is 4.42. The largest absolute Gasteiger partial charge is 0.481 e. The fourth-order valence-corrected chi connectivity index (χ4v) is 1.96. The summed E-state index contributed by atoms with van der Waals surface area (Å²) in [7, 11) is 0. The average molecular weight is 226 g/mol. The molecular formula is C10H14N2O2S. The molecule has 4 nitrogen and oxygen atoms in total. The quantitative estimate of drug-likeness (QED) is 0.751. The lowest BCUT2D eigenvalue weighted by atomic mass is 10.2. The lowest BCUT2D eigenvalue weighted by Crippen LogP contribution is -2.02. The number of aromatic nitrogens is 1. The van der Waals surface area contributed by atoms with E-state index in [1.807, 2.05) is 13.0 Å². The van der Waals surface area contributed by atoms with Gasteiger partial charge in [-0.25, -0.2) is 4.98 Å². The maximum atomic E-state index is 10.4. The van der Waals surface area contributed by atoms with Gasteiger partial charge in [0.05, 0.1) is 16.9 Å². The highest BCUT2D eigenvalue weighted by Gasteiger charge is 2.07. The molecule has 1 atom stereocenters. The van der Waals surface area contributed by atoms with Gasteiger partial charge in [0, 0.05) is 11.7 Å². The molecule has 0 amide bonds. The zero-order chi connectivity index (χ0) is 11.3. The van der Waals surface area contributed by atoms with Crippen LogP contribution in [0.5, 0.6) is 0 Å². The Morgan fingerprint density at radius 2 is 2.40 bits per heavy atom. The van der Waals surface area contributed by atoms with Crippen LogP contribution in [0.4, 0.5) is 5.69 Å². The Labute approximate surface area is 92.9 Å². The Hall–Kier alpha value is -1.23. The second-order valence-electron chi connectivity index (χ2n) is 3.29. The summed E-state index contributed by atoms with van der Waals surface area (Å²) >= 11 is 1.56. The predicted molar refractivity (Wildman–Crippen MR) is 60.8 cm³/mol. The fraction of sp³-hybridized carbons (Fsp3) is 0.400. The average Bonchev–Trinajstić information content (AvgIpc) is 2.19. The number of aliphatic carboxylic acids is 1. The summed E-state index contributed by atoms with van der Waals surface area (Å²) in [5.74, 6) is -0.757. The summed E-state index contributed by atoms with van der Waals surface area (Å²) in [6, 6.07) is 3.64. The van der Waals surface area contributed by atoms with Gasteiger partial charge in [0.15, 0.2) is 0 Å². The first-order valence-corrected chi connectivity index (χ1v) is 5.56. The van der Waals surface area contributed by atoms with Gasteiger partial charge in [-0.2, -0.15) is 0 Å². The van der Waals surface area contributed by atoms with Gasteiger partial charge in [0.25, 0.3) is 0 Å². The molecule has 0 aromatic carbocycles. The first-order chi connectivity index (χ1) is 7.08. The van der Waals surface area contributed by atoms with E-state index in [2.05, 4.69) is 4.98 Å². The summed E-state index contributed by atoms with van der Waals surface area (Å²) in [5.41, 5.74) is 6.14. The number of carboxylic acids is 1. The van der Waals surface area contributed by atoms with Crippen molar-refractivity contribution in [1.82, 2.24) is 4.98 Å². The summed E-state index contributed by atoms with van der Waals surface area (Å²) in [6.45, 7) is 1.99. The number of hydrogen-bond donors (Lipinski definition) is 2. The molecule has 1 aromatic heterocycles. The lowest BCUT2D eigenvalue weighted by Gasteiger charge is -2.08. The molecule has 5 heteroatoms. The molecule has 0 saturated heterocycles. The van der Waals surface area contributed by atoms with Crippen LogP contribution in [0.15, 0.2) is 23.4 Å². The standard InChI is InChI=1S/C10H14N2O2S/c1-7(2-5-10(13)14)15-9-4-3-8(11)6-12-9/h3-4,6-7H,2,5,11H2,1H3,(H,13,14). The van der Waals surface area contributed by atoms with Crippen LogP contribution in [-0.4, -0.2) is 21.3 Å². The molecule has 0 fully saturated rings. The van der Waals surface area contributed by atoms with E-state index in [-0.39, 0.29) is 11.7 Å². The molecule has 0 spiro atoms. The Morgan fingerprint density at radius 3 is 2.93 bits per heavy atom. The monoisotopic (exact) mass is 226 g/mol. The number of pyridine rings is 1. The molecule has 3 N–H and O–H groups in total. The Bertz CT molecular complexity index is 327. The molecule has 15 heavy (non-hydrogen) atoms. The van der Waals surface area contributed by atoms with Crippen LogP contribution < -0.4 is 5.73 Å². The van der Waals surface area contributed by atoms with Crippen molar-refractivity contribution in [1.29, 1.82) is 0 Å². The van der Waals surface area contributed by atoms with Crippen molar-refractivity contribution in [3.8, 4) is 0 Å². The van der Waals surface area contributed by atoms with Crippen molar-refractivity contribution in [2.45, 2.75) is 30.0 Å². The normalized spacial score (nSPS) is 12.3. The minimum absolute atomic E-state index is 0.198. The molecule has 0 radical (unpaired) electrons. The van der Waals surface area contributed by atoms with Crippen LogP contribution in [0.1, 0.15) is 19.8 Å². The number of anilines is 1. The van der Waals surface area contributed by atoms with Crippen molar-refractivity contribution in [2.24, 2.45) is 0 Å². The van der Waals surface area contributed by atoms with E-state index < -0.39 is 5.97 Å². The van der Waals surface area contributed by atoms with Gasteiger partial charge >= 0.3 is 5.97 Å². The second kappa shape index (κ2) is 5.60. The van der Waals surface area contributed by atoms with Gasteiger partial charge in [-0.3, -0.25) is 4.79 Å². The van der Waals surface area contributed by atoms with Crippen LogP contribution >= 0.6 is 11.8 Å². The van der Waals surface area contributed by atoms with E-state index in [0.29, 0.717) is 12.1 Å². The first kappa shape index (κ1) is 11.8. The summed E-state index contributed by atoms with van der Waals surface area (Å²) in [6.07, 6.45) is 2.45. The maximum absolute atomic E-state index is 10.4. The maximum Gasteiger partial charge on any atom is 0.303 e. The predicted octanol–water partition coefficient (Wildman–Crippen LogP) is 2.01. The van der Waals surface area contributed by atoms with Crippen molar-refractivity contribution >= 4 is 23.4 Å². The number of rotatable bonds is 5. The van der Waals surface area contributed by atoms with Gasteiger partial charge in [0.2, 0.25) is 0 Å². The number of hydrogen-bond acceptors (Lipinski definition) is 4. The molecule has 0 aliphatic carbocycles. The van der Waals surface area contributed by atoms with E-state index >= 15 is 0 Å². The summed E-state index contributed by atoms with van der Waals surface area (Å²) in [4.78, 5) is 14.5. The van der Waals surface area contributed by atoms with Crippen molar-refractivity contribution in [2.75, 3.05) is 5.73 Å². The number of nitrogens with zero attached hydrogens (tertiary/aromatic N) is 1. The van der Waals surface area contributed by atoms with Gasteiger partial charge in [-0.05, 0) is 18.6 Å². The van der Waals surface area contributed by atoms with Gasteiger partial charge in [-0.1, -0.05) is 6.92 Å². The van der Waals surface area contributed by atoms with E-state index in [9.17, 15) is 4.79 Å². The molecule has 0 bridgehead atoms. The number of thioether (sulfide) groups is 1. The molecule has 82 valence electrons. The highest BCUT2D eigenvalue weighted by Crippen LogP contribution is 2.24. The van der Waals surface area contributed by atoms with Crippen molar-refractivity contribution in [3.63, 3.8) is 0 Å². The third kappa shape index (κ3) is 4.69. The van der Waals surface area contributed by atoms with E-state index in [0.717, 1.165) is 5.03 Å². The summed E-state index contributed by atoms with van der Waals surface area (Å²) in [5, 5.41) is 9.65. The van der Waals surface area contributed by atoms with E-state index in [1.165, 1.54) is 0 Å². The minimum Gasteiger partial charge on any atom is -0.481 e. The Morgan fingerprint density at radius 1 is 1.67 bits per heavy atom.